The van der Waals surface area contributed by atoms with E-state index in [2.05, 4.69) is 4.90 Å². The number of hydrogen-bond acceptors (Lipinski definition) is 2. The molecule has 2 amide bonds. The Morgan fingerprint density at radius 2 is 2.06 bits per heavy atom. The number of fused-ring (bicyclic) bond motifs is 1. The van der Waals surface area contributed by atoms with E-state index in [-0.39, 0.29) is 6.03 Å². The summed E-state index contributed by atoms with van der Waals surface area (Å²) >= 11 is 0. The number of carbonyl (C=O) groups is 1. The van der Waals surface area contributed by atoms with Gasteiger partial charge >= 0.3 is 6.03 Å². The molecule has 2 fully saturated rings. The Labute approximate surface area is 98.2 Å². The fourth-order valence-electron chi connectivity index (χ4n) is 2.76. The van der Waals surface area contributed by atoms with E-state index in [0.717, 1.165) is 26.1 Å². The van der Waals surface area contributed by atoms with E-state index >= 15 is 0 Å². The summed E-state index contributed by atoms with van der Waals surface area (Å²) in [6.45, 7) is 7.08. The van der Waals surface area contributed by atoms with E-state index in [1.807, 2.05) is 23.8 Å². The summed E-state index contributed by atoms with van der Waals surface area (Å²) < 4.78 is 0. The molecule has 0 aromatic rings. The van der Waals surface area contributed by atoms with Crippen LogP contribution in [0.2, 0.25) is 0 Å². The quantitative estimate of drug-likeness (QED) is 0.671. The Morgan fingerprint density at radius 3 is 2.81 bits per heavy atom. The maximum Gasteiger partial charge on any atom is 0.319 e. The van der Waals surface area contributed by atoms with Crippen molar-refractivity contribution in [3.8, 4) is 0 Å². The molecule has 2 saturated heterocycles. The van der Waals surface area contributed by atoms with Crippen molar-refractivity contribution in [2.45, 2.75) is 32.2 Å². The molecule has 0 N–H and O–H groups in total. The highest BCUT2D eigenvalue weighted by Gasteiger charge is 2.31. The van der Waals surface area contributed by atoms with E-state index in [1.165, 1.54) is 25.9 Å². The van der Waals surface area contributed by atoms with E-state index in [0.29, 0.717) is 6.04 Å². The number of rotatable bonds is 1. The van der Waals surface area contributed by atoms with Crippen LogP contribution in [0.5, 0.6) is 0 Å². The molecule has 0 bridgehead atoms. The van der Waals surface area contributed by atoms with Gasteiger partial charge in [0, 0.05) is 39.3 Å². The second-order valence-corrected chi connectivity index (χ2v) is 4.93. The Hall–Kier alpha value is -0.770. The number of urea groups is 1. The normalized spacial score (nSPS) is 26.4. The van der Waals surface area contributed by atoms with Gasteiger partial charge in [0.2, 0.25) is 0 Å². The number of nitrogens with zero attached hydrogens (tertiary/aromatic N) is 3. The van der Waals surface area contributed by atoms with Gasteiger partial charge in [-0.15, -0.1) is 0 Å². The van der Waals surface area contributed by atoms with Crippen molar-refractivity contribution in [1.29, 1.82) is 0 Å². The highest BCUT2D eigenvalue weighted by molar-refractivity contribution is 5.74. The lowest BCUT2D eigenvalue weighted by Crippen LogP contribution is -2.45. The monoisotopic (exact) mass is 225 g/mol. The van der Waals surface area contributed by atoms with E-state index in [9.17, 15) is 4.79 Å². The molecule has 2 aliphatic rings. The molecule has 4 heteroatoms. The van der Waals surface area contributed by atoms with Crippen molar-refractivity contribution < 1.29 is 4.79 Å². The predicted molar refractivity (Wildman–Crippen MR) is 64.5 cm³/mol. The van der Waals surface area contributed by atoms with Crippen LogP contribution in [-0.4, -0.2) is 66.5 Å². The zero-order valence-corrected chi connectivity index (χ0v) is 10.5. The molecule has 2 rings (SSSR count). The molecule has 0 aromatic carbocycles. The molecule has 0 saturated carbocycles. The second-order valence-electron chi connectivity index (χ2n) is 4.93. The summed E-state index contributed by atoms with van der Waals surface area (Å²) in [7, 11) is 1.89. The molecule has 0 spiro atoms. The van der Waals surface area contributed by atoms with E-state index in [1.54, 1.807) is 0 Å². The van der Waals surface area contributed by atoms with Gasteiger partial charge in [0.05, 0.1) is 0 Å². The first-order chi connectivity index (χ1) is 7.72. The van der Waals surface area contributed by atoms with Gasteiger partial charge in [-0.2, -0.15) is 0 Å². The average molecular weight is 225 g/mol. The van der Waals surface area contributed by atoms with Crippen LogP contribution in [0.4, 0.5) is 4.79 Å². The lowest BCUT2D eigenvalue weighted by atomic mass is 10.2. The van der Waals surface area contributed by atoms with Gasteiger partial charge in [-0.25, -0.2) is 4.79 Å². The molecule has 92 valence electrons. The number of hydrogen-bond donors (Lipinski definition) is 0. The standard InChI is InChI=1S/C12H23N3O/c1-3-13(2)12(16)15-9-5-8-14-7-4-6-11(14)10-15/h11H,3-10H2,1-2H3. The first-order valence-corrected chi connectivity index (χ1v) is 6.46. The van der Waals surface area contributed by atoms with Crippen molar-refractivity contribution in [3.63, 3.8) is 0 Å². The van der Waals surface area contributed by atoms with Crippen LogP contribution in [0.1, 0.15) is 26.2 Å². The summed E-state index contributed by atoms with van der Waals surface area (Å²) in [4.78, 5) is 18.5. The zero-order valence-electron chi connectivity index (χ0n) is 10.5. The Balaban J connectivity index is 1.97. The highest BCUT2D eigenvalue weighted by atomic mass is 16.2. The van der Waals surface area contributed by atoms with Crippen molar-refractivity contribution in [1.82, 2.24) is 14.7 Å². The van der Waals surface area contributed by atoms with E-state index < -0.39 is 0 Å². The van der Waals surface area contributed by atoms with Gasteiger partial charge in [0.1, 0.15) is 0 Å². The zero-order chi connectivity index (χ0) is 11.5. The molecule has 0 radical (unpaired) electrons. The lowest BCUT2D eigenvalue weighted by Gasteiger charge is -2.29. The molecular weight excluding hydrogens is 202 g/mol. The maximum atomic E-state index is 12.1. The molecule has 2 heterocycles. The van der Waals surface area contributed by atoms with Gasteiger partial charge < -0.3 is 9.80 Å². The largest absolute Gasteiger partial charge is 0.328 e. The molecule has 0 aliphatic carbocycles. The highest BCUT2D eigenvalue weighted by Crippen LogP contribution is 2.21. The van der Waals surface area contributed by atoms with Crippen LogP contribution < -0.4 is 0 Å². The van der Waals surface area contributed by atoms with Crippen molar-refractivity contribution in [2.75, 3.05) is 39.8 Å². The SMILES string of the molecule is CCN(C)C(=O)N1CCCN2CCCC2C1. The van der Waals surface area contributed by atoms with Gasteiger partial charge in [-0.1, -0.05) is 0 Å². The summed E-state index contributed by atoms with van der Waals surface area (Å²) in [5, 5.41) is 0. The minimum atomic E-state index is 0.205. The minimum Gasteiger partial charge on any atom is -0.328 e. The first-order valence-electron chi connectivity index (χ1n) is 6.46. The fraction of sp³-hybridized carbons (Fsp3) is 0.917. The summed E-state index contributed by atoms with van der Waals surface area (Å²) in [6, 6.07) is 0.827. The van der Waals surface area contributed by atoms with Crippen molar-refractivity contribution in [2.24, 2.45) is 0 Å². The molecule has 1 atom stereocenters. The molecule has 4 nitrogen and oxygen atoms in total. The van der Waals surface area contributed by atoms with Crippen LogP contribution in [-0.2, 0) is 0 Å². The third-order valence-corrected chi connectivity index (χ3v) is 3.87. The summed E-state index contributed by atoms with van der Waals surface area (Å²) in [5.41, 5.74) is 0. The number of carbonyl (C=O) groups excluding carboxylic acids is 1. The lowest BCUT2D eigenvalue weighted by molar-refractivity contribution is 0.158. The molecule has 16 heavy (non-hydrogen) atoms. The topological polar surface area (TPSA) is 26.8 Å². The van der Waals surface area contributed by atoms with Gasteiger partial charge in [0.25, 0.3) is 0 Å². The van der Waals surface area contributed by atoms with Crippen LogP contribution >= 0.6 is 0 Å². The maximum absolute atomic E-state index is 12.1. The van der Waals surface area contributed by atoms with Crippen LogP contribution in [0, 0.1) is 0 Å². The van der Waals surface area contributed by atoms with Crippen molar-refractivity contribution >= 4 is 6.03 Å². The van der Waals surface area contributed by atoms with Gasteiger partial charge in [0.15, 0.2) is 0 Å². The summed E-state index contributed by atoms with van der Waals surface area (Å²) in [6.07, 6.45) is 3.69. The fourth-order valence-corrected chi connectivity index (χ4v) is 2.76. The minimum absolute atomic E-state index is 0.205. The predicted octanol–water partition coefficient (Wildman–Crippen LogP) is 1.23. The average Bonchev–Trinajstić information content (AvgIpc) is 2.64. The Morgan fingerprint density at radius 1 is 1.31 bits per heavy atom. The van der Waals surface area contributed by atoms with Crippen LogP contribution in [0.3, 0.4) is 0 Å². The van der Waals surface area contributed by atoms with E-state index in [4.69, 9.17) is 0 Å². The molecule has 1 unspecified atom stereocenters. The molecular formula is C12H23N3O. The third kappa shape index (κ3) is 2.32. The molecule has 0 aromatic heterocycles. The Kier molecular flexibility index (Phi) is 3.69. The Bertz CT molecular complexity index is 257. The van der Waals surface area contributed by atoms with Crippen LogP contribution in [0.25, 0.3) is 0 Å². The van der Waals surface area contributed by atoms with Crippen LogP contribution in [0.15, 0.2) is 0 Å². The first kappa shape index (κ1) is 11.7. The summed E-state index contributed by atoms with van der Waals surface area (Å²) in [5.74, 6) is 0. The van der Waals surface area contributed by atoms with Gasteiger partial charge in [-0.3, -0.25) is 4.90 Å². The van der Waals surface area contributed by atoms with Crippen molar-refractivity contribution in [3.05, 3.63) is 0 Å². The second kappa shape index (κ2) is 5.04. The van der Waals surface area contributed by atoms with Gasteiger partial charge in [-0.05, 0) is 32.7 Å². The number of amides is 2. The third-order valence-electron chi connectivity index (χ3n) is 3.87. The smallest absolute Gasteiger partial charge is 0.319 e. The molecule has 2 aliphatic heterocycles.